The van der Waals surface area contributed by atoms with Crippen LogP contribution in [0.4, 0.5) is 0 Å². The normalized spacial score (nSPS) is 10.0. The van der Waals surface area contributed by atoms with Crippen LogP contribution in [-0.4, -0.2) is 18.3 Å². The van der Waals surface area contributed by atoms with Crippen LogP contribution in [-0.2, 0) is 9.53 Å². The lowest BCUT2D eigenvalue weighted by molar-refractivity contribution is -0.142. The molecule has 0 aromatic heterocycles. The topological polar surface area (TPSA) is 26.3 Å². The van der Waals surface area contributed by atoms with E-state index in [2.05, 4.69) is 15.9 Å². The van der Waals surface area contributed by atoms with Gasteiger partial charge in [-0.3, -0.25) is 4.79 Å². The highest BCUT2D eigenvalue weighted by atomic mass is 79.9. The van der Waals surface area contributed by atoms with Gasteiger partial charge in [0.05, 0.1) is 13.0 Å². The summed E-state index contributed by atoms with van der Waals surface area (Å²) in [6.45, 7) is 2.28. The molecule has 0 aliphatic carbocycles. The Hall–Kier alpha value is -0.480. The highest BCUT2D eigenvalue weighted by Crippen LogP contribution is 2.22. The van der Waals surface area contributed by atoms with Gasteiger partial charge in [0, 0.05) is 15.1 Å². The molecule has 1 aromatic carbocycles. The molecule has 1 rings (SSSR count). The first kappa shape index (κ1) is 12.6. The van der Waals surface area contributed by atoms with Crippen LogP contribution in [0.15, 0.2) is 33.6 Å². The van der Waals surface area contributed by atoms with Gasteiger partial charge in [-0.1, -0.05) is 22.0 Å². The maximum absolute atomic E-state index is 11.1. The van der Waals surface area contributed by atoms with Crippen molar-refractivity contribution in [3.05, 3.63) is 28.7 Å². The molecule has 15 heavy (non-hydrogen) atoms. The Morgan fingerprint density at radius 1 is 1.53 bits per heavy atom. The maximum Gasteiger partial charge on any atom is 0.306 e. The molecule has 4 heteroatoms. The van der Waals surface area contributed by atoms with E-state index in [1.807, 2.05) is 31.2 Å². The van der Waals surface area contributed by atoms with Gasteiger partial charge in [-0.05, 0) is 25.1 Å². The molecule has 0 saturated carbocycles. The molecule has 0 aliphatic heterocycles. The van der Waals surface area contributed by atoms with Crippen LogP contribution < -0.4 is 0 Å². The van der Waals surface area contributed by atoms with Gasteiger partial charge in [0.15, 0.2) is 0 Å². The van der Waals surface area contributed by atoms with Crippen LogP contribution in [0.5, 0.6) is 0 Å². The second-order valence-electron chi connectivity index (χ2n) is 2.86. The molecule has 0 saturated heterocycles. The van der Waals surface area contributed by atoms with Gasteiger partial charge in [-0.25, -0.2) is 0 Å². The molecule has 0 aliphatic rings. The summed E-state index contributed by atoms with van der Waals surface area (Å²) in [6, 6.07) is 8.03. The van der Waals surface area contributed by atoms with E-state index >= 15 is 0 Å². The molecule has 0 fully saturated rings. The minimum Gasteiger partial charge on any atom is -0.466 e. The number of ether oxygens (including phenoxy) is 1. The fraction of sp³-hybridized carbons (Fsp3) is 0.364. The van der Waals surface area contributed by atoms with Crippen molar-refractivity contribution in [3.63, 3.8) is 0 Å². The van der Waals surface area contributed by atoms with Crippen molar-refractivity contribution >= 4 is 33.7 Å². The molecule has 1 aromatic rings. The van der Waals surface area contributed by atoms with Crippen LogP contribution in [0.1, 0.15) is 13.3 Å². The Kier molecular flexibility index (Phi) is 5.79. The SMILES string of the molecule is CCOC(=O)CCSc1cccc(Br)c1. The molecule has 0 unspecified atom stereocenters. The fourth-order valence-electron chi connectivity index (χ4n) is 1.04. The van der Waals surface area contributed by atoms with Gasteiger partial charge in [0.25, 0.3) is 0 Å². The smallest absolute Gasteiger partial charge is 0.306 e. The summed E-state index contributed by atoms with van der Waals surface area (Å²) < 4.78 is 5.90. The highest BCUT2D eigenvalue weighted by molar-refractivity contribution is 9.10. The second-order valence-corrected chi connectivity index (χ2v) is 4.94. The van der Waals surface area contributed by atoms with Gasteiger partial charge in [-0.2, -0.15) is 0 Å². The van der Waals surface area contributed by atoms with Crippen molar-refractivity contribution < 1.29 is 9.53 Å². The molecule has 0 N–H and O–H groups in total. The molecule has 0 atom stereocenters. The number of carbonyl (C=O) groups is 1. The minimum absolute atomic E-state index is 0.125. The van der Waals surface area contributed by atoms with Crippen LogP contribution in [0.3, 0.4) is 0 Å². The van der Waals surface area contributed by atoms with Crippen molar-refractivity contribution in [1.82, 2.24) is 0 Å². The Morgan fingerprint density at radius 2 is 2.33 bits per heavy atom. The molecule has 0 radical (unpaired) electrons. The van der Waals surface area contributed by atoms with E-state index in [1.54, 1.807) is 11.8 Å². The van der Waals surface area contributed by atoms with E-state index in [9.17, 15) is 4.79 Å². The van der Waals surface area contributed by atoms with Gasteiger partial charge < -0.3 is 4.74 Å². The first-order valence-corrected chi connectivity index (χ1v) is 6.54. The van der Waals surface area contributed by atoms with E-state index in [0.717, 1.165) is 15.1 Å². The van der Waals surface area contributed by atoms with Crippen molar-refractivity contribution in [2.24, 2.45) is 0 Å². The Labute approximate surface area is 103 Å². The lowest BCUT2D eigenvalue weighted by Gasteiger charge is -2.02. The molecule has 0 bridgehead atoms. The molecule has 2 nitrogen and oxygen atoms in total. The predicted octanol–water partition coefficient (Wildman–Crippen LogP) is 3.49. The lowest BCUT2D eigenvalue weighted by atomic mass is 10.4. The zero-order valence-electron chi connectivity index (χ0n) is 8.53. The monoisotopic (exact) mass is 288 g/mol. The summed E-state index contributed by atoms with van der Waals surface area (Å²) in [5.41, 5.74) is 0. The van der Waals surface area contributed by atoms with Crippen LogP contribution in [0.25, 0.3) is 0 Å². The number of esters is 1. The van der Waals surface area contributed by atoms with Crippen LogP contribution >= 0.6 is 27.7 Å². The van der Waals surface area contributed by atoms with Gasteiger partial charge in [0.2, 0.25) is 0 Å². The summed E-state index contributed by atoms with van der Waals surface area (Å²) in [5.74, 6) is 0.634. The predicted molar refractivity (Wildman–Crippen MR) is 66.1 cm³/mol. The fourth-order valence-corrected chi connectivity index (χ4v) is 2.48. The van der Waals surface area contributed by atoms with E-state index in [0.29, 0.717) is 13.0 Å². The molecular weight excluding hydrogens is 276 g/mol. The van der Waals surface area contributed by atoms with Crippen molar-refractivity contribution in [2.45, 2.75) is 18.2 Å². The Morgan fingerprint density at radius 3 is 3.00 bits per heavy atom. The number of carbonyl (C=O) groups excluding carboxylic acids is 1. The molecular formula is C11H13BrO2S. The van der Waals surface area contributed by atoms with E-state index in [-0.39, 0.29) is 5.97 Å². The average molecular weight is 289 g/mol. The van der Waals surface area contributed by atoms with Crippen molar-refractivity contribution in [1.29, 1.82) is 0 Å². The third kappa shape index (κ3) is 5.23. The number of hydrogen-bond acceptors (Lipinski definition) is 3. The van der Waals surface area contributed by atoms with Gasteiger partial charge in [-0.15, -0.1) is 11.8 Å². The second kappa shape index (κ2) is 6.90. The van der Waals surface area contributed by atoms with Gasteiger partial charge >= 0.3 is 5.97 Å². The number of rotatable bonds is 5. The van der Waals surface area contributed by atoms with Gasteiger partial charge in [0.1, 0.15) is 0 Å². The maximum atomic E-state index is 11.1. The summed E-state index contributed by atoms with van der Waals surface area (Å²) in [6.07, 6.45) is 0.463. The molecule has 82 valence electrons. The zero-order valence-corrected chi connectivity index (χ0v) is 10.9. The van der Waals surface area contributed by atoms with Crippen molar-refractivity contribution in [2.75, 3.05) is 12.4 Å². The Balaban J connectivity index is 2.28. The zero-order chi connectivity index (χ0) is 11.1. The average Bonchev–Trinajstić information content (AvgIpc) is 2.18. The molecule has 0 heterocycles. The third-order valence-corrected chi connectivity index (χ3v) is 3.17. The first-order chi connectivity index (χ1) is 7.22. The molecule has 0 spiro atoms. The standard InChI is InChI=1S/C11H13BrO2S/c1-2-14-11(13)6-7-15-10-5-3-4-9(12)8-10/h3-5,8H,2,6-7H2,1H3. The summed E-state index contributed by atoms with van der Waals surface area (Å²) in [4.78, 5) is 12.2. The highest BCUT2D eigenvalue weighted by Gasteiger charge is 2.02. The Bertz CT molecular complexity index is 328. The molecule has 0 amide bonds. The summed E-state index contributed by atoms with van der Waals surface area (Å²) >= 11 is 5.06. The third-order valence-electron chi connectivity index (χ3n) is 1.68. The van der Waals surface area contributed by atoms with E-state index < -0.39 is 0 Å². The number of halogens is 1. The van der Waals surface area contributed by atoms with E-state index in [4.69, 9.17) is 4.74 Å². The minimum atomic E-state index is -0.125. The number of hydrogen-bond donors (Lipinski definition) is 0. The largest absolute Gasteiger partial charge is 0.466 e. The van der Waals surface area contributed by atoms with E-state index in [1.165, 1.54) is 0 Å². The first-order valence-electron chi connectivity index (χ1n) is 4.76. The number of benzene rings is 1. The quantitative estimate of drug-likeness (QED) is 0.613. The van der Waals surface area contributed by atoms with Crippen molar-refractivity contribution in [3.8, 4) is 0 Å². The summed E-state index contributed by atoms with van der Waals surface area (Å²) in [5, 5.41) is 0. The lowest BCUT2D eigenvalue weighted by Crippen LogP contribution is -2.04. The van der Waals surface area contributed by atoms with Crippen LogP contribution in [0.2, 0.25) is 0 Å². The number of thioether (sulfide) groups is 1. The van der Waals surface area contributed by atoms with Crippen LogP contribution in [0, 0.1) is 0 Å². The summed E-state index contributed by atoms with van der Waals surface area (Å²) in [7, 11) is 0.